The Bertz CT molecular complexity index is 755. The molecule has 0 unspecified atom stereocenters. The first-order valence-electron chi connectivity index (χ1n) is 6.85. The van der Waals surface area contributed by atoms with Gasteiger partial charge in [0.2, 0.25) is 0 Å². The molecule has 1 amide bonds. The molecular weight excluding hydrogens is 350 g/mol. The van der Waals surface area contributed by atoms with E-state index in [-0.39, 0.29) is 5.91 Å². The molecule has 0 bridgehead atoms. The molecule has 1 aromatic rings. The van der Waals surface area contributed by atoms with E-state index in [1.54, 1.807) is 18.2 Å². The third kappa shape index (κ3) is 4.59. The molecule has 0 aromatic heterocycles. The van der Waals surface area contributed by atoms with Crippen LogP contribution in [0.5, 0.6) is 11.5 Å². The van der Waals surface area contributed by atoms with Crippen molar-refractivity contribution in [1.29, 1.82) is 0 Å². The Kier molecular flexibility index (Phi) is 5.99. The largest absolute Gasteiger partial charge is 0.493 e. The average molecular weight is 365 g/mol. The van der Waals surface area contributed by atoms with Crippen molar-refractivity contribution in [3.05, 3.63) is 40.3 Å². The summed E-state index contributed by atoms with van der Waals surface area (Å²) < 4.78 is 10.8. The number of hydrogen-bond donors (Lipinski definition) is 2. The quantitative estimate of drug-likeness (QED) is 0.592. The van der Waals surface area contributed by atoms with Crippen LogP contribution >= 0.6 is 24.0 Å². The summed E-state index contributed by atoms with van der Waals surface area (Å²) in [6, 6.07) is 5.12. The molecule has 1 aliphatic heterocycles. The van der Waals surface area contributed by atoms with E-state index in [0.29, 0.717) is 20.7 Å². The standard InChI is InChI=1S/C16H15NO5S2/c1-9(14-15(20)17-16(23)24-14)3-4-10-5-6-11(12(7-10)21-2)22-8-13(18)19/h3-7H,8H2,1-2H3,(H,18,19)(H,17,20,23)/b4-3+,14-9+. The van der Waals surface area contributed by atoms with Crippen LogP contribution in [0, 0.1) is 0 Å². The molecule has 126 valence electrons. The van der Waals surface area contributed by atoms with Crippen LogP contribution in [0.3, 0.4) is 0 Å². The van der Waals surface area contributed by atoms with Crippen LogP contribution in [0.1, 0.15) is 12.5 Å². The lowest BCUT2D eigenvalue weighted by atomic mass is 10.1. The van der Waals surface area contributed by atoms with Crippen molar-refractivity contribution in [3.8, 4) is 11.5 Å². The second-order valence-electron chi connectivity index (χ2n) is 4.78. The highest BCUT2D eigenvalue weighted by atomic mass is 32.2. The monoisotopic (exact) mass is 365 g/mol. The molecule has 24 heavy (non-hydrogen) atoms. The number of carboxylic acids is 1. The number of carbonyl (C=O) groups is 2. The van der Waals surface area contributed by atoms with Gasteiger partial charge in [-0.25, -0.2) is 4.79 Å². The molecular formula is C16H15NO5S2. The van der Waals surface area contributed by atoms with E-state index in [1.165, 1.54) is 18.9 Å². The summed E-state index contributed by atoms with van der Waals surface area (Å²) in [5, 5.41) is 11.2. The van der Waals surface area contributed by atoms with Crippen molar-refractivity contribution >= 4 is 46.3 Å². The fraction of sp³-hybridized carbons (Fsp3) is 0.188. The molecule has 1 heterocycles. The zero-order chi connectivity index (χ0) is 17.7. The molecule has 0 saturated carbocycles. The maximum atomic E-state index is 11.7. The van der Waals surface area contributed by atoms with Gasteiger partial charge in [0.25, 0.3) is 5.91 Å². The smallest absolute Gasteiger partial charge is 0.341 e. The molecule has 0 radical (unpaired) electrons. The SMILES string of the molecule is COc1cc(/C=C/C(C)=C2/SC(=S)NC2=O)ccc1OCC(=O)O. The van der Waals surface area contributed by atoms with Crippen molar-refractivity contribution in [2.75, 3.05) is 13.7 Å². The highest BCUT2D eigenvalue weighted by molar-refractivity contribution is 8.26. The number of carbonyl (C=O) groups excluding carboxylic acids is 1. The fourth-order valence-electron chi connectivity index (χ4n) is 1.92. The molecule has 0 aliphatic carbocycles. The van der Waals surface area contributed by atoms with Crippen molar-refractivity contribution in [1.82, 2.24) is 5.32 Å². The second kappa shape index (κ2) is 7.98. The Morgan fingerprint density at radius 2 is 2.17 bits per heavy atom. The predicted octanol–water partition coefficient (Wildman–Crippen LogP) is 2.59. The number of aliphatic carboxylic acids is 1. The third-order valence-corrected chi connectivity index (χ3v) is 4.39. The number of methoxy groups -OCH3 is 1. The highest BCUT2D eigenvalue weighted by Gasteiger charge is 2.23. The van der Waals surface area contributed by atoms with Crippen LogP contribution in [0.2, 0.25) is 0 Å². The molecule has 1 saturated heterocycles. The van der Waals surface area contributed by atoms with Crippen LogP contribution in [0.4, 0.5) is 0 Å². The van der Waals surface area contributed by atoms with Gasteiger partial charge in [-0.05, 0) is 30.2 Å². The minimum Gasteiger partial charge on any atom is -0.493 e. The Morgan fingerprint density at radius 1 is 1.42 bits per heavy atom. The topological polar surface area (TPSA) is 84.9 Å². The van der Waals surface area contributed by atoms with Gasteiger partial charge in [-0.15, -0.1) is 0 Å². The maximum Gasteiger partial charge on any atom is 0.341 e. The van der Waals surface area contributed by atoms with Gasteiger partial charge in [0, 0.05) is 0 Å². The van der Waals surface area contributed by atoms with Crippen LogP contribution < -0.4 is 14.8 Å². The first-order valence-corrected chi connectivity index (χ1v) is 8.08. The van der Waals surface area contributed by atoms with Gasteiger partial charge in [0.05, 0.1) is 12.0 Å². The number of nitrogens with one attached hydrogen (secondary N) is 1. The number of carboxylic acid groups (broad SMARTS) is 1. The number of hydrogen-bond acceptors (Lipinski definition) is 6. The number of ether oxygens (including phenoxy) is 2. The summed E-state index contributed by atoms with van der Waals surface area (Å²) in [6.45, 7) is 1.39. The van der Waals surface area contributed by atoms with Crippen LogP contribution in [0.15, 0.2) is 34.8 Å². The molecule has 6 nitrogen and oxygen atoms in total. The van der Waals surface area contributed by atoms with Gasteiger partial charge in [-0.1, -0.05) is 42.2 Å². The van der Waals surface area contributed by atoms with E-state index in [2.05, 4.69) is 5.32 Å². The molecule has 2 rings (SSSR count). The molecule has 0 atom stereocenters. The number of rotatable bonds is 6. The molecule has 1 fully saturated rings. The summed E-state index contributed by atoms with van der Waals surface area (Å²) in [5.41, 5.74) is 1.61. The van der Waals surface area contributed by atoms with E-state index in [4.69, 9.17) is 26.8 Å². The van der Waals surface area contributed by atoms with E-state index >= 15 is 0 Å². The first-order chi connectivity index (χ1) is 11.4. The number of thioether (sulfide) groups is 1. The number of benzene rings is 1. The molecule has 0 spiro atoms. The lowest BCUT2D eigenvalue weighted by Crippen LogP contribution is -2.18. The number of amides is 1. The molecule has 8 heteroatoms. The van der Waals surface area contributed by atoms with E-state index in [1.807, 2.05) is 19.1 Å². The second-order valence-corrected chi connectivity index (χ2v) is 6.47. The van der Waals surface area contributed by atoms with Gasteiger partial charge in [0.15, 0.2) is 18.1 Å². The van der Waals surface area contributed by atoms with Crippen LogP contribution in [-0.4, -0.2) is 35.0 Å². The summed E-state index contributed by atoms with van der Waals surface area (Å²) in [5.74, 6) is -0.475. The Labute approximate surface area is 148 Å². The Balaban J connectivity index is 2.18. The summed E-state index contributed by atoms with van der Waals surface area (Å²) in [7, 11) is 1.48. The van der Waals surface area contributed by atoms with Crippen molar-refractivity contribution < 1.29 is 24.2 Å². The van der Waals surface area contributed by atoms with E-state index < -0.39 is 12.6 Å². The van der Waals surface area contributed by atoms with Gasteiger partial charge in [-0.3, -0.25) is 4.79 Å². The zero-order valence-electron chi connectivity index (χ0n) is 13.0. The maximum absolute atomic E-state index is 11.7. The minimum atomic E-state index is -1.06. The fourth-order valence-corrected chi connectivity index (χ4v) is 2.96. The van der Waals surface area contributed by atoms with Gasteiger partial charge in [-0.2, -0.15) is 0 Å². The van der Waals surface area contributed by atoms with Gasteiger partial charge in [0.1, 0.15) is 4.32 Å². The Hall–Kier alpha value is -2.32. The van der Waals surface area contributed by atoms with Gasteiger partial charge < -0.3 is 19.9 Å². The first kappa shape index (κ1) is 18.0. The molecule has 2 N–H and O–H groups in total. The summed E-state index contributed by atoms with van der Waals surface area (Å²) in [6.07, 6.45) is 3.63. The lowest BCUT2D eigenvalue weighted by Gasteiger charge is -2.09. The summed E-state index contributed by atoms with van der Waals surface area (Å²) in [4.78, 5) is 22.9. The predicted molar refractivity (Wildman–Crippen MR) is 96.2 cm³/mol. The van der Waals surface area contributed by atoms with E-state index in [9.17, 15) is 9.59 Å². The third-order valence-electron chi connectivity index (χ3n) is 3.04. The number of thiocarbonyl (C=S) groups is 1. The van der Waals surface area contributed by atoms with Crippen molar-refractivity contribution in [2.24, 2.45) is 0 Å². The lowest BCUT2D eigenvalue weighted by molar-refractivity contribution is -0.139. The molecule has 1 aromatic carbocycles. The zero-order valence-corrected chi connectivity index (χ0v) is 14.6. The summed E-state index contributed by atoms with van der Waals surface area (Å²) >= 11 is 6.20. The van der Waals surface area contributed by atoms with Crippen molar-refractivity contribution in [3.63, 3.8) is 0 Å². The average Bonchev–Trinajstić information content (AvgIpc) is 2.89. The van der Waals surface area contributed by atoms with Crippen LogP contribution in [0.25, 0.3) is 6.08 Å². The van der Waals surface area contributed by atoms with E-state index in [0.717, 1.165) is 11.1 Å². The number of allylic oxidation sites excluding steroid dienone is 2. The van der Waals surface area contributed by atoms with Gasteiger partial charge >= 0.3 is 5.97 Å². The highest BCUT2D eigenvalue weighted by Crippen LogP contribution is 2.30. The Morgan fingerprint density at radius 3 is 2.75 bits per heavy atom. The molecule has 1 aliphatic rings. The normalized spacial score (nSPS) is 16.2. The minimum absolute atomic E-state index is 0.192. The van der Waals surface area contributed by atoms with Crippen molar-refractivity contribution in [2.45, 2.75) is 6.92 Å². The van der Waals surface area contributed by atoms with Crippen LogP contribution in [-0.2, 0) is 9.59 Å².